The molecule has 5 aromatic carbocycles. The molecule has 194 valence electrons. The zero-order valence-corrected chi connectivity index (χ0v) is 23.9. The SMILES string of the molecule is C=Nc1c(N=C(C)c2cccc(-c3cccc4c5c(sc34)C=CCC5)c2)c2cc(C)ccc2c2ccc(C)cc12. The first-order valence-corrected chi connectivity index (χ1v) is 14.6. The van der Waals surface area contributed by atoms with Crippen LogP contribution in [0.5, 0.6) is 0 Å². The number of hydrogen-bond acceptors (Lipinski definition) is 3. The van der Waals surface area contributed by atoms with Gasteiger partial charge in [-0.1, -0.05) is 77.9 Å². The molecule has 0 N–H and O–H groups in total. The number of aliphatic imine (C=N–C) groups is 2. The third kappa shape index (κ3) is 4.01. The van der Waals surface area contributed by atoms with Gasteiger partial charge in [0.2, 0.25) is 0 Å². The molecule has 0 aliphatic heterocycles. The quantitative estimate of drug-likeness (QED) is 0.159. The molecule has 1 aromatic heterocycles. The predicted octanol–water partition coefficient (Wildman–Crippen LogP) is 10.9. The van der Waals surface area contributed by atoms with E-state index in [4.69, 9.17) is 4.99 Å². The third-order valence-electron chi connectivity index (χ3n) is 8.08. The van der Waals surface area contributed by atoms with E-state index in [1.807, 2.05) is 11.3 Å². The second-order valence-corrected chi connectivity index (χ2v) is 11.9. The summed E-state index contributed by atoms with van der Waals surface area (Å²) in [5.41, 5.74) is 10.2. The molecular weight excluding hydrogens is 504 g/mol. The zero-order valence-electron chi connectivity index (χ0n) is 23.1. The van der Waals surface area contributed by atoms with Crippen LogP contribution in [0.4, 0.5) is 11.4 Å². The Morgan fingerprint density at radius 3 is 2.25 bits per heavy atom. The van der Waals surface area contributed by atoms with Gasteiger partial charge in [0.25, 0.3) is 0 Å². The van der Waals surface area contributed by atoms with Crippen molar-refractivity contribution >= 4 is 72.8 Å². The van der Waals surface area contributed by atoms with Crippen LogP contribution in [0.1, 0.15) is 40.5 Å². The number of benzene rings is 5. The molecular formula is C37H30N2S. The molecule has 7 rings (SSSR count). The van der Waals surface area contributed by atoms with Crippen LogP contribution < -0.4 is 0 Å². The number of hydrogen-bond donors (Lipinski definition) is 0. The van der Waals surface area contributed by atoms with E-state index < -0.39 is 0 Å². The molecule has 2 nitrogen and oxygen atoms in total. The van der Waals surface area contributed by atoms with E-state index in [-0.39, 0.29) is 0 Å². The van der Waals surface area contributed by atoms with Crippen molar-refractivity contribution in [3.05, 3.63) is 112 Å². The number of thiophene rings is 1. The molecule has 6 aromatic rings. The van der Waals surface area contributed by atoms with Crippen molar-refractivity contribution in [2.24, 2.45) is 9.98 Å². The lowest BCUT2D eigenvalue weighted by Gasteiger charge is -2.14. The molecule has 0 fully saturated rings. The van der Waals surface area contributed by atoms with Crippen molar-refractivity contribution in [3.63, 3.8) is 0 Å². The standard InChI is InChI=1S/C37H30N2S/c1-22-15-17-28-29-18-16-23(2)20-33(29)36(35(38-4)32(28)19-22)39-24(3)25-9-7-10-26(21-25)27-12-8-13-31-30-11-5-6-14-34(30)40-37(27)31/h6-10,12-21H,4-5,11H2,1-3H3. The predicted molar refractivity (Wildman–Crippen MR) is 177 cm³/mol. The van der Waals surface area contributed by atoms with Gasteiger partial charge in [-0.2, -0.15) is 0 Å². The number of rotatable bonds is 4. The van der Waals surface area contributed by atoms with Crippen LogP contribution in [0.25, 0.3) is 48.8 Å². The van der Waals surface area contributed by atoms with E-state index in [1.165, 1.54) is 53.6 Å². The Balaban J connectivity index is 1.41. The van der Waals surface area contributed by atoms with Gasteiger partial charge < -0.3 is 0 Å². The summed E-state index contributed by atoms with van der Waals surface area (Å²) < 4.78 is 1.37. The summed E-state index contributed by atoms with van der Waals surface area (Å²) in [4.78, 5) is 11.2. The van der Waals surface area contributed by atoms with Crippen LogP contribution in [0, 0.1) is 13.8 Å². The molecule has 0 radical (unpaired) electrons. The number of fused-ring (bicyclic) bond motifs is 6. The molecule has 1 aliphatic carbocycles. The minimum absolute atomic E-state index is 0.842. The van der Waals surface area contributed by atoms with E-state index >= 15 is 0 Å². The van der Waals surface area contributed by atoms with Gasteiger partial charge in [0.15, 0.2) is 0 Å². The minimum atomic E-state index is 0.842. The lowest BCUT2D eigenvalue weighted by atomic mass is 9.95. The van der Waals surface area contributed by atoms with Gasteiger partial charge in [0.05, 0.1) is 11.4 Å². The average Bonchev–Trinajstić information content (AvgIpc) is 3.36. The smallest absolute Gasteiger partial charge is 0.0974 e. The molecule has 1 aliphatic rings. The third-order valence-corrected chi connectivity index (χ3v) is 9.33. The van der Waals surface area contributed by atoms with Gasteiger partial charge >= 0.3 is 0 Å². The molecule has 0 spiro atoms. The van der Waals surface area contributed by atoms with Crippen LogP contribution in [-0.4, -0.2) is 12.4 Å². The first-order chi connectivity index (χ1) is 19.5. The second-order valence-electron chi connectivity index (χ2n) is 10.8. The highest BCUT2D eigenvalue weighted by atomic mass is 32.1. The van der Waals surface area contributed by atoms with Crippen LogP contribution in [-0.2, 0) is 6.42 Å². The summed E-state index contributed by atoms with van der Waals surface area (Å²) in [6.07, 6.45) is 6.84. The maximum Gasteiger partial charge on any atom is 0.0974 e. The van der Waals surface area contributed by atoms with Crippen LogP contribution in [0.2, 0.25) is 0 Å². The molecule has 0 atom stereocenters. The molecule has 0 saturated carbocycles. The monoisotopic (exact) mass is 534 g/mol. The number of aryl methyl sites for hydroxylation is 3. The normalized spacial score (nSPS) is 13.3. The van der Waals surface area contributed by atoms with E-state index in [9.17, 15) is 0 Å². The Morgan fingerprint density at radius 2 is 1.50 bits per heavy atom. The van der Waals surface area contributed by atoms with Gasteiger partial charge in [-0.3, -0.25) is 9.98 Å². The second kappa shape index (κ2) is 9.69. The summed E-state index contributed by atoms with van der Waals surface area (Å²) in [6.45, 7) is 10.3. The van der Waals surface area contributed by atoms with Gasteiger partial charge in [0.1, 0.15) is 0 Å². The average molecular weight is 535 g/mol. The lowest BCUT2D eigenvalue weighted by Crippen LogP contribution is -1.95. The molecule has 0 unspecified atom stereocenters. The number of nitrogens with zero attached hydrogens (tertiary/aromatic N) is 2. The molecule has 3 heteroatoms. The van der Waals surface area contributed by atoms with Gasteiger partial charge in [-0.05, 0) is 103 Å². The summed E-state index contributed by atoms with van der Waals surface area (Å²) in [6, 6.07) is 28.7. The largest absolute Gasteiger partial charge is 0.262 e. The molecule has 0 bridgehead atoms. The molecule has 1 heterocycles. The highest BCUT2D eigenvalue weighted by Crippen LogP contribution is 2.45. The van der Waals surface area contributed by atoms with Crippen LogP contribution in [0.3, 0.4) is 0 Å². The Bertz CT molecular complexity index is 2060. The van der Waals surface area contributed by atoms with Crippen molar-refractivity contribution in [1.82, 2.24) is 0 Å². The maximum atomic E-state index is 5.28. The zero-order chi connectivity index (χ0) is 27.4. The first-order valence-electron chi connectivity index (χ1n) is 13.8. The van der Waals surface area contributed by atoms with Crippen molar-refractivity contribution in [3.8, 4) is 11.1 Å². The minimum Gasteiger partial charge on any atom is -0.262 e. The number of allylic oxidation sites excluding steroid dienone is 1. The van der Waals surface area contributed by atoms with Gasteiger partial charge in [0, 0.05) is 26.1 Å². The summed E-state index contributed by atoms with van der Waals surface area (Å²) >= 11 is 1.91. The van der Waals surface area contributed by atoms with Crippen LogP contribution >= 0.6 is 11.3 Å². The van der Waals surface area contributed by atoms with E-state index in [0.717, 1.165) is 46.3 Å². The molecule has 40 heavy (non-hydrogen) atoms. The van der Waals surface area contributed by atoms with Gasteiger partial charge in [-0.15, -0.1) is 11.3 Å². The highest BCUT2D eigenvalue weighted by Gasteiger charge is 2.17. The maximum absolute atomic E-state index is 5.28. The van der Waals surface area contributed by atoms with Crippen molar-refractivity contribution in [1.29, 1.82) is 0 Å². The van der Waals surface area contributed by atoms with E-state index in [0.29, 0.717) is 0 Å². The summed E-state index contributed by atoms with van der Waals surface area (Å²) in [5, 5.41) is 5.97. The fourth-order valence-corrected chi connectivity index (χ4v) is 7.39. The van der Waals surface area contributed by atoms with Gasteiger partial charge in [-0.25, -0.2) is 0 Å². The Morgan fingerprint density at radius 1 is 0.775 bits per heavy atom. The Labute approximate surface area is 239 Å². The van der Waals surface area contributed by atoms with E-state index in [1.54, 1.807) is 0 Å². The lowest BCUT2D eigenvalue weighted by molar-refractivity contribution is 1.01. The Kier molecular flexibility index (Phi) is 5.98. The van der Waals surface area contributed by atoms with E-state index in [2.05, 4.69) is 123 Å². The van der Waals surface area contributed by atoms with Crippen molar-refractivity contribution < 1.29 is 0 Å². The van der Waals surface area contributed by atoms with Crippen molar-refractivity contribution in [2.45, 2.75) is 33.6 Å². The molecule has 0 saturated heterocycles. The van der Waals surface area contributed by atoms with Crippen LogP contribution in [0.15, 0.2) is 94.9 Å². The Hall–Kier alpha value is -4.34. The fourth-order valence-electron chi connectivity index (χ4n) is 6.08. The summed E-state index contributed by atoms with van der Waals surface area (Å²) in [5.74, 6) is 0. The summed E-state index contributed by atoms with van der Waals surface area (Å²) in [7, 11) is 0. The topological polar surface area (TPSA) is 24.7 Å². The van der Waals surface area contributed by atoms with Crippen molar-refractivity contribution in [2.75, 3.05) is 0 Å². The first kappa shape index (κ1) is 24.7. The highest BCUT2D eigenvalue weighted by molar-refractivity contribution is 7.20. The fraction of sp³-hybridized carbons (Fsp3) is 0.135. The molecule has 0 amide bonds.